The molecule has 3 aromatic heterocycles. The van der Waals surface area contributed by atoms with Crippen LogP contribution in [0.15, 0.2) is 18.5 Å². The van der Waals surface area contributed by atoms with E-state index in [1.165, 1.54) is 10.4 Å². The molecule has 4 rings (SSSR count). The second-order valence-corrected chi connectivity index (χ2v) is 7.28. The maximum absolute atomic E-state index is 11.0. The molecule has 1 aliphatic rings. The highest BCUT2D eigenvalue weighted by Gasteiger charge is 2.27. The minimum atomic E-state index is 0.311. The smallest absolute Gasteiger partial charge is 0.212 e. The third kappa shape index (κ3) is 2.13. The number of amides is 1. The van der Waals surface area contributed by atoms with Crippen molar-refractivity contribution in [2.24, 2.45) is 0 Å². The van der Waals surface area contributed by atoms with Crippen LogP contribution in [0.1, 0.15) is 23.4 Å². The molecular formula is C15H14N4OS2. The lowest BCUT2D eigenvalue weighted by molar-refractivity contribution is -0.105. The fourth-order valence-corrected chi connectivity index (χ4v) is 5.17. The van der Waals surface area contributed by atoms with Crippen LogP contribution in [-0.4, -0.2) is 22.9 Å². The highest BCUT2D eigenvalue weighted by Crippen LogP contribution is 2.46. The number of hydrogen-bond donors (Lipinski definition) is 2. The van der Waals surface area contributed by atoms with Gasteiger partial charge in [-0.15, -0.1) is 22.7 Å². The van der Waals surface area contributed by atoms with E-state index in [0.717, 1.165) is 45.2 Å². The van der Waals surface area contributed by atoms with Crippen molar-refractivity contribution in [3.63, 3.8) is 0 Å². The first-order valence-electron chi connectivity index (χ1n) is 7.08. The van der Waals surface area contributed by atoms with E-state index in [1.54, 1.807) is 35.1 Å². The van der Waals surface area contributed by atoms with Crippen LogP contribution in [0.5, 0.6) is 0 Å². The summed E-state index contributed by atoms with van der Waals surface area (Å²) in [7, 11) is 0. The zero-order valence-corrected chi connectivity index (χ0v) is 13.6. The van der Waals surface area contributed by atoms with Gasteiger partial charge in [0.05, 0.1) is 10.9 Å². The van der Waals surface area contributed by atoms with E-state index in [1.807, 2.05) is 6.07 Å². The average molecular weight is 330 g/mol. The molecule has 0 aliphatic carbocycles. The first-order chi connectivity index (χ1) is 10.8. The van der Waals surface area contributed by atoms with Crippen LogP contribution < -0.4 is 10.6 Å². The minimum Gasteiger partial charge on any atom is -0.320 e. The number of thiophene rings is 1. The van der Waals surface area contributed by atoms with Crippen molar-refractivity contribution in [1.82, 2.24) is 15.3 Å². The zero-order chi connectivity index (χ0) is 15.1. The van der Waals surface area contributed by atoms with Crippen molar-refractivity contribution >= 4 is 44.3 Å². The van der Waals surface area contributed by atoms with E-state index >= 15 is 0 Å². The van der Waals surface area contributed by atoms with Crippen LogP contribution in [0.3, 0.4) is 0 Å². The van der Waals surface area contributed by atoms with Crippen molar-refractivity contribution in [3.8, 4) is 10.6 Å². The molecule has 1 atom stereocenters. The maximum Gasteiger partial charge on any atom is 0.212 e. The topological polar surface area (TPSA) is 66.9 Å². The number of nitrogens with zero attached hydrogens (tertiary/aromatic N) is 2. The third-order valence-electron chi connectivity index (χ3n) is 3.85. The first-order valence-corrected chi connectivity index (χ1v) is 8.71. The van der Waals surface area contributed by atoms with E-state index in [4.69, 9.17) is 4.98 Å². The van der Waals surface area contributed by atoms with Gasteiger partial charge in [0.25, 0.3) is 0 Å². The molecule has 0 saturated carbocycles. The molecule has 2 N–H and O–H groups in total. The Morgan fingerprint density at radius 3 is 3.18 bits per heavy atom. The van der Waals surface area contributed by atoms with Crippen molar-refractivity contribution in [2.45, 2.75) is 19.4 Å². The van der Waals surface area contributed by atoms with Gasteiger partial charge in [0.15, 0.2) is 0 Å². The number of anilines is 1. The lowest BCUT2D eigenvalue weighted by atomic mass is 10.0. The Bertz CT molecular complexity index is 821. The molecule has 0 saturated heterocycles. The molecular weight excluding hydrogens is 316 g/mol. The molecule has 7 heteroatoms. The van der Waals surface area contributed by atoms with E-state index < -0.39 is 0 Å². The van der Waals surface area contributed by atoms with Crippen LogP contribution in [-0.2, 0) is 11.2 Å². The predicted octanol–water partition coefficient (Wildman–Crippen LogP) is 3.19. The monoisotopic (exact) mass is 330 g/mol. The van der Waals surface area contributed by atoms with Gasteiger partial charge < -0.3 is 10.6 Å². The molecule has 1 unspecified atom stereocenters. The van der Waals surface area contributed by atoms with Gasteiger partial charge in [0.1, 0.15) is 15.5 Å². The first kappa shape index (κ1) is 13.8. The molecule has 4 heterocycles. The average Bonchev–Trinajstić information content (AvgIpc) is 3.09. The van der Waals surface area contributed by atoms with Gasteiger partial charge in [-0.05, 0) is 31.5 Å². The molecule has 1 amide bonds. The molecule has 5 nitrogen and oxygen atoms in total. The Labute approximate surface area is 135 Å². The van der Waals surface area contributed by atoms with E-state index in [2.05, 4.69) is 22.5 Å². The van der Waals surface area contributed by atoms with Crippen LogP contribution in [0, 0.1) is 0 Å². The molecule has 1 aliphatic heterocycles. The van der Waals surface area contributed by atoms with Crippen LogP contribution in [0.25, 0.3) is 20.8 Å². The van der Waals surface area contributed by atoms with Crippen molar-refractivity contribution in [3.05, 3.63) is 28.9 Å². The standard InChI is InChI=1S/C15H14N4OS2/c1-8-13-9(2-5-17-8)12(14(22-13)18-7-20)15-19-10-6-16-4-3-11(10)21-15/h3-4,6-8,17H,2,5H2,1H3,(H,18,20). The predicted molar refractivity (Wildman–Crippen MR) is 90.5 cm³/mol. The lowest BCUT2D eigenvalue weighted by Gasteiger charge is -2.20. The summed E-state index contributed by atoms with van der Waals surface area (Å²) in [5.74, 6) is 0. The zero-order valence-electron chi connectivity index (χ0n) is 11.9. The largest absolute Gasteiger partial charge is 0.320 e. The van der Waals surface area contributed by atoms with Crippen molar-refractivity contribution < 1.29 is 4.79 Å². The molecule has 22 heavy (non-hydrogen) atoms. The maximum atomic E-state index is 11.0. The number of rotatable bonds is 3. The molecule has 0 aromatic carbocycles. The van der Waals surface area contributed by atoms with Crippen molar-refractivity contribution in [2.75, 3.05) is 11.9 Å². The lowest BCUT2D eigenvalue weighted by Crippen LogP contribution is -2.26. The summed E-state index contributed by atoms with van der Waals surface area (Å²) < 4.78 is 1.11. The fourth-order valence-electron chi connectivity index (χ4n) is 2.86. The minimum absolute atomic E-state index is 0.311. The van der Waals surface area contributed by atoms with Gasteiger partial charge in [-0.1, -0.05) is 0 Å². The number of hydrogen-bond acceptors (Lipinski definition) is 6. The van der Waals surface area contributed by atoms with Gasteiger partial charge in [-0.3, -0.25) is 9.78 Å². The van der Waals surface area contributed by atoms with Crippen LogP contribution in [0.2, 0.25) is 0 Å². The number of aromatic nitrogens is 2. The third-order valence-corrected chi connectivity index (χ3v) is 6.25. The summed E-state index contributed by atoms with van der Waals surface area (Å²) in [6.07, 6.45) is 5.27. The summed E-state index contributed by atoms with van der Waals surface area (Å²) in [4.78, 5) is 21.1. The highest BCUT2D eigenvalue weighted by atomic mass is 32.1. The second kappa shape index (κ2) is 5.42. The number of carbonyl (C=O) groups excluding carboxylic acids is 1. The summed E-state index contributed by atoms with van der Waals surface area (Å²) >= 11 is 3.29. The van der Waals surface area contributed by atoms with Crippen LogP contribution in [0.4, 0.5) is 5.00 Å². The van der Waals surface area contributed by atoms with Gasteiger partial charge in [-0.25, -0.2) is 4.98 Å². The number of fused-ring (bicyclic) bond motifs is 2. The van der Waals surface area contributed by atoms with Gasteiger partial charge in [0, 0.05) is 22.7 Å². The summed E-state index contributed by atoms with van der Waals surface area (Å²) in [5.41, 5.74) is 3.30. The fraction of sp³-hybridized carbons (Fsp3) is 0.267. The summed E-state index contributed by atoms with van der Waals surface area (Å²) in [6.45, 7) is 3.11. The number of nitrogens with one attached hydrogen (secondary N) is 2. The number of pyridine rings is 1. The summed E-state index contributed by atoms with van der Waals surface area (Å²) in [5, 5.41) is 8.17. The normalized spacial score (nSPS) is 17.4. The molecule has 3 aromatic rings. The van der Waals surface area contributed by atoms with Gasteiger partial charge >= 0.3 is 0 Å². The molecule has 0 radical (unpaired) electrons. The Balaban J connectivity index is 1.94. The molecule has 0 bridgehead atoms. The number of carbonyl (C=O) groups is 1. The number of thiazole rings is 1. The Morgan fingerprint density at radius 2 is 2.36 bits per heavy atom. The SMILES string of the molecule is CC1NCCc2c1sc(NC=O)c2-c1nc2cnccc2s1. The molecule has 0 fully saturated rings. The molecule has 0 spiro atoms. The Hall–Kier alpha value is -1.83. The van der Waals surface area contributed by atoms with Gasteiger partial charge in [0.2, 0.25) is 6.41 Å². The molecule has 112 valence electrons. The Kier molecular flexibility index (Phi) is 3.40. The van der Waals surface area contributed by atoms with Crippen molar-refractivity contribution in [1.29, 1.82) is 0 Å². The van der Waals surface area contributed by atoms with Gasteiger partial charge in [-0.2, -0.15) is 0 Å². The van der Waals surface area contributed by atoms with E-state index in [-0.39, 0.29) is 0 Å². The Morgan fingerprint density at radius 1 is 1.45 bits per heavy atom. The van der Waals surface area contributed by atoms with E-state index in [0.29, 0.717) is 6.04 Å². The van der Waals surface area contributed by atoms with E-state index in [9.17, 15) is 4.79 Å². The quantitative estimate of drug-likeness (QED) is 0.724. The second-order valence-electron chi connectivity index (χ2n) is 5.20. The van der Waals surface area contributed by atoms with Crippen LogP contribution >= 0.6 is 22.7 Å². The summed E-state index contributed by atoms with van der Waals surface area (Å²) in [6, 6.07) is 2.29. The highest BCUT2D eigenvalue weighted by molar-refractivity contribution is 7.22.